The van der Waals surface area contributed by atoms with Crippen LogP contribution in [-0.2, 0) is 12.8 Å². The fourth-order valence-electron chi connectivity index (χ4n) is 6.84. The molecule has 0 saturated heterocycles. The molecule has 3 aliphatic rings. The number of methoxy groups -OCH3 is 2. The van der Waals surface area contributed by atoms with E-state index in [1.807, 2.05) is 72.8 Å². The van der Waals surface area contributed by atoms with Gasteiger partial charge in [0, 0.05) is 23.7 Å². The molecule has 10 heteroatoms. The molecule has 2 aliphatic heterocycles. The molecule has 0 fully saturated rings. The second-order valence-corrected chi connectivity index (χ2v) is 12.3. The molecule has 0 atom stereocenters. The lowest BCUT2D eigenvalue weighted by Crippen LogP contribution is -2.53. The van der Waals surface area contributed by atoms with Crippen molar-refractivity contribution in [2.75, 3.05) is 14.2 Å². The number of aliphatic imine (C=N–C) groups is 1. The summed E-state index contributed by atoms with van der Waals surface area (Å²) in [6, 6.07) is 26.4. The molecule has 0 bridgehead atoms. The van der Waals surface area contributed by atoms with E-state index in [9.17, 15) is 0 Å². The van der Waals surface area contributed by atoms with Gasteiger partial charge in [0.2, 0.25) is 5.82 Å². The molecule has 45 heavy (non-hydrogen) atoms. The van der Waals surface area contributed by atoms with Crippen LogP contribution in [-0.4, -0.2) is 46.7 Å². The quantitative estimate of drug-likeness (QED) is 0.138. The van der Waals surface area contributed by atoms with Crippen LogP contribution < -0.4 is 9.47 Å². The van der Waals surface area contributed by atoms with Crippen LogP contribution in [0.3, 0.4) is 0 Å². The van der Waals surface area contributed by atoms with Gasteiger partial charge >= 0.3 is 6.97 Å². The lowest BCUT2D eigenvalue weighted by atomic mass is 9.85. The second kappa shape index (κ2) is 10.5. The van der Waals surface area contributed by atoms with Crippen LogP contribution in [0.5, 0.6) is 11.5 Å². The van der Waals surface area contributed by atoms with Gasteiger partial charge in [-0.1, -0.05) is 30.3 Å². The van der Waals surface area contributed by atoms with Crippen molar-refractivity contribution in [3.63, 3.8) is 0 Å². The third-order valence-electron chi connectivity index (χ3n) is 8.84. The highest BCUT2D eigenvalue weighted by Crippen LogP contribution is 2.52. The van der Waals surface area contributed by atoms with Crippen molar-refractivity contribution in [1.82, 2.24) is 9.46 Å². The standard InChI is InChI=1S/C35H26BF2IN4O2/c1-44-25-11-8-23(9-12-25)32-31(39)30(21-6-4-3-5-7-21)35-41-34-29(22-16-18-40-19-17-22)28-14-10-24-20-26(45-2)13-15-27(24)33(28)43(34)36(37,38)42(32)35/h3-9,11-13,15-20H,10,14H2,1-2H3. The predicted octanol–water partition coefficient (Wildman–Crippen LogP) is 7.96. The number of ether oxygens (including phenoxy) is 2. The van der Waals surface area contributed by atoms with Crippen molar-refractivity contribution < 1.29 is 22.6 Å². The summed E-state index contributed by atoms with van der Waals surface area (Å²) in [4.78, 5) is 9.40. The van der Waals surface area contributed by atoms with Gasteiger partial charge in [-0.15, -0.1) is 0 Å². The Hall–Kier alpha value is -4.58. The maximum atomic E-state index is 17.8. The molecule has 6 nitrogen and oxygen atoms in total. The Morgan fingerprint density at radius 2 is 1.53 bits per heavy atom. The molecule has 2 aromatic heterocycles. The zero-order valence-electron chi connectivity index (χ0n) is 24.5. The van der Waals surface area contributed by atoms with E-state index >= 15 is 8.63 Å². The maximum absolute atomic E-state index is 17.8. The second-order valence-electron chi connectivity index (χ2n) is 11.2. The summed E-state index contributed by atoms with van der Waals surface area (Å²) in [7, 11) is 3.21. The molecule has 5 aromatic rings. The minimum absolute atomic E-state index is 0.244. The molecular formula is C35H26BF2IN4O2. The van der Waals surface area contributed by atoms with Crippen LogP contribution in [0.1, 0.15) is 22.3 Å². The van der Waals surface area contributed by atoms with Crippen LogP contribution in [0, 0.1) is 0 Å². The van der Waals surface area contributed by atoms with E-state index in [1.54, 1.807) is 38.7 Å². The zero-order chi connectivity index (χ0) is 30.9. The number of aromatic nitrogens is 2. The van der Waals surface area contributed by atoms with Crippen LogP contribution in [0.15, 0.2) is 106 Å². The zero-order valence-corrected chi connectivity index (χ0v) is 26.6. The number of hydrogen-bond acceptors (Lipinski definition) is 4. The summed E-state index contributed by atoms with van der Waals surface area (Å²) >= 11 is 2.21. The molecule has 0 radical (unpaired) electrons. The summed E-state index contributed by atoms with van der Waals surface area (Å²) < 4.78 is 49.6. The molecule has 3 aromatic carbocycles. The highest BCUT2D eigenvalue weighted by Gasteiger charge is 2.56. The average Bonchev–Trinajstić information content (AvgIpc) is 3.58. The van der Waals surface area contributed by atoms with Crippen LogP contribution in [0.2, 0.25) is 0 Å². The van der Waals surface area contributed by atoms with Gasteiger partial charge in [0.15, 0.2) is 0 Å². The minimum Gasteiger partial charge on any atom is -0.497 e. The number of aryl methyl sites for hydroxylation is 1. The number of nitrogens with zero attached hydrogens (tertiary/aromatic N) is 4. The normalized spacial score (nSPS) is 16.1. The Labute approximate surface area is 272 Å². The van der Waals surface area contributed by atoms with Gasteiger partial charge in [0.25, 0.3) is 5.84 Å². The maximum Gasteiger partial charge on any atom is 0.642 e. The highest BCUT2D eigenvalue weighted by molar-refractivity contribution is 14.1. The van der Waals surface area contributed by atoms with E-state index in [-0.39, 0.29) is 11.7 Å². The third kappa shape index (κ3) is 4.14. The number of amidine groups is 1. The smallest absolute Gasteiger partial charge is 0.497 e. The molecule has 4 heterocycles. The lowest BCUT2D eigenvalue weighted by molar-refractivity contribution is -0.291. The van der Waals surface area contributed by atoms with Gasteiger partial charge in [-0.25, -0.2) is 0 Å². The summed E-state index contributed by atoms with van der Waals surface area (Å²) in [5, 5.41) is 0. The first-order valence-corrected chi connectivity index (χ1v) is 15.7. The Morgan fingerprint density at radius 1 is 0.822 bits per heavy atom. The molecule has 0 amide bonds. The van der Waals surface area contributed by atoms with E-state index in [0.29, 0.717) is 50.5 Å². The van der Waals surface area contributed by atoms with Crippen LogP contribution in [0.4, 0.5) is 14.4 Å². The summed E-state index contributed by atoms with van der Waals surface area (Å²) in [6.07, 6.45) is 4.69. The van der Waals surface area contributed by atoms with E-state index in [4.69, 9.17) is 14.5 Å². The molecule has 0 spiro atoms. The highest BCUT2D eigenvalue weighted by atomic mass is 127. The van der Waals surface area contributed by atoms with Crippen LogP contribution in [0.25, 0.3) is 28.0 Å². The summed E-state index contributed by atoms with van der Waals surface area (Å²) in [5.41, 5.74) is 7.25. The Morgan fingerprint density at radius 3 is 2.24 bits per heavy atom. The molecule has 0 saturated carbocycles. The molecule has 0 N–H and O–H groups in total. The minimum atomic E-state index is -4.43. The molecule has 0 unspecified atom stereocenters. The summed E-state index contributed by atoms with van der Waals surface area (Å²) in [5.74, 6) is 1.87. The van der Waals surface area contributed by atoms with E-state index in [2.05, 4.69) is 27.6 Å². The topological polar surface area (TPSA) is 51.7 Å². The molecule has 8 rings (SSSR count). The van der Waals surface area contributed by atoms with Crippen molar-refractivity contribution in [3.05, 3.63) is 123 Å². The molecule has 222 valence electrons. The number of allylic oxidation sites excluding steroid dienone is 1. The number of hydrogen-bond donors (Lipinski definition) is 0. The van der Waals surface area contributed by atoms with E-state index in [0.717, 1.165) is 33.4 Å². The van der Waals surface area contributed by atoms with E-state index < -0.39 is 6.97 Å². The monoisotopic (exact) mass is 710 g/mol. The van der Waals surface area contributed by atoms with Gasteiger partial charge in [0.05, 0.1) is 28.9 Å². The Kier molecular flexibility index (Phi) is 6.52. The fraction of sp³-hybridized carbons (Fsp3) is 0.114. The number of rotatable bonds is 5. The first-order chi connectivity index (χ1) is 21.9. The van der Waals surface area contributed by atoms with Crippen LogP contribution >= 0.6 is 22.6 Å². The number of halogens is 3. The number of fused-ring (bicyclic) bond motifs is 6. The average molecular weight is 710 g/mol. The molecular weight excluding hydrogens is 684 g/mol. The third-order valence-corrected chi connectivity index (χ3v) is 9.89. The predicted molar refractivity (Wildman–Crippen MR) is 182 cm³/mol. The number of benzene rings is 3. The van der Waals surface area contributed by atoms with E-state index in [1.165, 1.54) is 8.96 Å². The van der Waals surface area contributed by atoms with Gasteiger partial charge < -0.3 is 27.1 Å². The fourth-order valence-corrected chi connectivity index (χ4v) is 7.97. The van der Waals surface area contributed by atoms with Gasteiger partial charge in [-0.3, -0.25) is 4.98 Å². The van der Waals surface area contributed by atoms with Crippen molar-refractivity contribution in [1.29, 1.82) is 0 Å². The Bertz CT molecular complexity index is 2110. The van der Waals surface area contributed by atoms with Crippen molar-refractivity contribution in [2.24, 2.45) is 4.99 Å². The first-order valence-electron chi connectivity index (χ1n) is 14.6. The Balaban J connectivity index is 1.48. The van der Waals surface area contributed by atoms with Gasteiger partial charge in [-0.05, 0) is 123 Å². The van der Waals surface area contributed by atoms with Gasteiger partial charge in [-0.2, -0.15) is 0 Å². The SMILES string of the molecule is COc1ccc(C2=[N+]3C(=Nc4c(-c5ccncc5)c5c(n4[B-]3(F)F)-c3ccc(OC)cc3CC5)C(c3ccccc3)=C2I)cc1. The first kappa shape index (κ1) is 27.9. The van der Waals surface area contributed by atoms with Crippen molar-refractivity contribution in [3.8, 4) is 33.9 Å². The molecule has 1 aliphatic carbocycles. The summed E-state index contributed by atoms with van der Waals surface area (Å²) in [6.45, 7) is -4.43. The number of pyridine rings is 1. The largest absolute Gasteiger partial charge is 0.642 e. The van der Waals surface area contributed by atoms with Crippen molar-refractivity contribution in [2.45, 2.75) is 12.8 Å². The van der Waals surface area contributed by atoms with Crippen molar-refractivity contribution >= 4 is 52.5 Å². The van der Waals surface area contributed by atoms with Gasteiger partial charge in [0.1, 0.15) is 17.2 Å². The lowest BCUT2D eigenvalue weighted by Gasteiger charge is -2.33.